The Morgan fingerprint density at radius 2 is 2.00 bits per heavy atom. The van der Waals surface area contributed by atoms with Crippen LogP contribution in [0.25, 0.3) is 0 Å². The van der Waals surface area contributed by atoms with Crippen LogP contribution in [-0.4, -0.2) is 16.8 Å². The van der Waals surface area contributed by atoms with E-state index in [0.29, 0.717) is 19.4 Å². The van der Waals surface area contributed by atoms with Crippen LogP contribution in [0.15, 0.2) is 30.3 Å². The molecule has 0 N–H and O–H groups in total. The van der Waals surface area contributed by atoms with Crippen LogP contribution in [-0.2, 0) is 28.1 Å². The summed E-state index contributed by atoms with van der Waals surface area (Å²) in [5.41, 5.74) is 1.04. The van der Waals surface area contributed by atoms with Crippen LogP contribution in [0.4, 0.5) is 0 Å². The van der Waals surface area contributed by atoms with Crippen molar-refractivity contribution in [2.24, 2.45) is 0 Å². The second-order valence-electron chi connectivity index (χ2n) is 3.70. The van der Waals surface area contributed by atoms with Crippen molar-refractivity contribution >= 4 is 34.1 Å². The van der Waals surface area contributed by atoms with Crippen molar-refractivity contribution in [3.05, 3.63) is 41.6 Å². The van der Waals surface area contributed by atoms with Crippen molar-refractivity contribution in [2.75, 3.05) is 6.61 Å². The molecule has 0 aliphatic heterocycles. The second-order valence-corrected chi connectivity index (χ2v) is 5.34. The van der Waals surface area contributed by atoms with Gasteiger partial charge in [-0.2, -0.15) is 6.42 Å². The minimum atomic E-state index is -0.140. The fourth-order valence-corrected chi connectivity index (χ4v) is 2.24. The van der Waals surface area contributed by atoms with E-state index in [-0.39, 0.29) is 55.6 Å². The number of carbonyl (C=O) groups is 1. The van der Waals surface area contributed by atoms with Crippen molar-refractivity contribution in [1.82, 2.24) is 0 Å². The summed E-state index contributed by atoms with van der Waals surface area (Å²) in [5, 5.41) is 0. The van der Waals surface area contributed by atoms with Crippen molar-refractivity contribution in [3.63, 3.8) is 0 Å². The number of carbonyl (C=O) groups excluding carboxylic acids is 1. The number of hydrogen-bond donors (Lipinski definition) is 0. The molecule has 0 saturated carbocycles. The van der Waals surface area contributed by atoms with E-state index in [1.165, 1.54) is 11.8 Å². The van der Waals surface area contributed by atoms with Crippen LogP contribution in [0.1, 0.15) is 31.7 Å². The number of ether oxygens (including phenoxy) is 1. The number of thiocarbonyl (C=S) groups is 1. The van der Waals surface area contributed by atoms with Crippen LogP contribution in [0.5, 0.6) is 0 Å². The number of benzene rings is 1. The Morgan fingerprint density at radius 3 is 2.60 bits per heavy atom. The fraction of sp³-hybridized carbons (Fsp3) is 0.357. The quantitative estimate of drug-likeness (QED) is 0.215. The minimum Gasteiger partial charge on any atom is -0.466 e. The van der Waals surface area contributed by atoms with Crippen molar-refractivity contribution in [3.8, 4) is 0 Å². The summed E-state index contributed by atoms with van der Waals surface area (Å²) < 4.78 is 5.81. The molecule has 107 valence electrons. The maximum absolute atomic E-state index is 11.2. The molecular weight excluding hydrogens is 553 g/mol. The third kappa shape index (κ3) is 10.5. The topological polar surface area (TPSA) is 26.3 Å². The van der Waals surface area contributed by atoms with Crippen molar-refractivity contribution in [2.45, 2.75) is 26.2 Å². The van der Waals surface area contributed by atoms with E-state index in [9.17, 15) is 4.79 Å². The number of rotatable bonds is 7. The van der Waals surface area contributed by atoms with E-state index in [4.69, 9.17) is 17.0 Å². The van der Waals surface area contributed by atoms with E-state index in [0.717, 1.165) is 16.2 Å². The molecule has 0 aromatic heterocycles. The maximum atomic E-state index is 11.2. The summed E-state index contributed by atoms with van der Waals surface area (Å²) in [4.78, 5) is 11.2. The third-order valence-electron chi connectivity index (χ3n) is 2.13. The first kappa shape index (κ1) is 23.0. The zero-order valence-electron chi connectivity index (χ0n) is 11.4. The van der Waals surface area contributed by atoms with Gasteiger partial charge in [-0.25, -0.2) is 0 Å². The van der Waals surface area contributed by atoms with Gasteiger partial charge in [0, 0.05) is 60.3 Å². The van der Waals surface area contributed by atoms with E-state index in [1.54, 1.807) is 0 Å². The molecule has 0 saturated heterocycles. The molecule has 20 heavy (non-hydrogen) atoms. The van der Waals surface area contributed by atoms with Crippen molar-refractivity contribution < 1.29 is 59.2 Å². The van der Waals surface area contributed by atoms with Gasteiger partial charge in [0.05, 0.1) is 6.61 Å². The normalized spacial score (nSPS) is 9.05. The molecule has 0 atom stereocenters. The largest absolute Gasteiger partial charge is 0.466 e. The van der Waals surface area contributed by atoms with Crippen molar-refractivity contribution in [1.29, 1.82) is 0 Å². The van der Waals surface area contributed by atoms with E-state index in [1.807, 2.05) is 43.0 Å². The van der Waals surface area contributed by atoms with Crippen LogP contribution in [0.2, 0.25) is 0 Å². The first-order valence-electron chi connectivity index (χ1n) is 5.97. The molecular formula is C14H17O2S2UV-. The molecule has 0 aliphatic rings. The average molecular weight is 570 g/mol. The molecule has 1 radical (unpaired) electrons. The van der Waals surface area contributed by atoms with Gasteiger partial charge in [0.25, 0.3) is 0 Å². The summed E-state index contributed by atoms with van der Waals surface area (Å²) >= 11 is 6.78. The molecule has 6 heteroatoms. The third-order valence-corrected chi connectivity index (χ3v) is 3.51. The second kappa shape index (κ2) is 14.7. The van der Waals surface area contributed by atoms with E-state index >= 15 is 0 Å². The van der Waals surface area contributed by atoms with Gasteiger partial charge < -0.3 is 16.5 Å². The van der Waals surface area contributed by atoms with Gasteiger partial charge in [-0.1, -0.05) is 49.5 Å². The zero-order valence-corrected chi connectivity index (χ0v) is 18.6. The molecule has 1 rings (SSSR count). The summed E-state index contributed by atoms with van der Waals surface area (Å²) in [6.45, 7) is 2.49. The molecule has 0 amide bonds. The van der Waals surface area contributed by atoms with Crippen LogP contribution in [0.3, 0.4) is 0 Å². The molecule has 0 bridgehead atoms. The molecule has 0 spiro atoms. The summed E-state index contributed by atoms with van der Waals surface area (Å²) in [7, 11) is 0. The van der Waals surface area contributed by atoms with Gasteiger partial charge >= 0.3 is 5.97 Å². The average Bonchev–Trinajstić information content (AvgIpc) is 2.42. The summed E-state index contributed by atoms with van der Waals surface area (Å²) in [6.07, 6.45) is 1.97. The summed E-state index contributed by atoms with van der Waals surface area (Å²) in [6, 6.07) is 9.86. The fourth-order valence-electron chi connectivity index (χ4n) is 1.24. The molecule has 2 nitrogen and oxygen atoms in total. The molecule has 1 aromatic rings. The summed E-state index contributed by atoms with van der Waals surface area (Å²) in [5.74, 6) is 1.82. The van der Waals surface area contributed by atoms with E-state index < -0.39 is 0 Å². The number of esters is 1. The Hall–Kier alpha value is 0.766. The Kier molecular flexibility index (Phi) is 16.9. The predicted octanol–water partition coefficient (Wildman–Crippen LogP) is 3.99. The van der Waals surface area contributed by atoms with Gasteiger partial charge in [-0.15, -0.1) is 0 Å². The smallest absolute Gasteiger partial charge is 0.303 e. The minimum absolute atomic E-state index is 0. The Labute approximate surface area is 166 Å². The van der Waals surface area contributed by atoms with Gasteiger partial charge in [-0.05, 0) is 12.0 Å². The first-order chi connectivity index (χ1) is 8.74. The Balaban J connectivity index is 0. The van der Waals surface area contributed by atoms with Crippen LogP contribution >= 0.6 is 24.0 Å². The van der Waals surface area contributed by atoms with Gasteiger partial charge in [-0.3, -0.25) is 10.5 Å². The first-order valence-corrected chi connectivity index (χ1v) is 7.26. The molecule has 0 unspecified atom stereocenters. The van der Waals surface area contributed by atoms with Gasteiger partial charge in [0.2, 0.25) is 0 Å². The van der Waals surface area contributed by atoms with Gasteiger partial charge in [0.15, 0.2) is 0 Å². The monoisotopic (exact) mass is 570 g/mol. The van der Waals surface area contributed by atoms with Crippen LogP contribution in [0, 0.1) is 36.9 Å². The van der Waals surface area contributed by atoms with E-state index in [2.05, 4.69) is 0 Å². The SMILES string of the molecule is CCCOC(=O)CC[CH-]SC(=S)c1ccccc1.[U].[V]. The molecule has 1 aromatic carbocycles. The van der Waals surface area contributed by atoms with Gasteiger partial charge in [0.1, 0.15) is 0 Å². The maximum Gasteiger partial charge on any atom is 0.303 e. The van der Waals surface area contributed by atoms with Crippen LogP contribution < -0.4 is 0 Å². The molecule has 0 aliphatic carbocycles. The molecule has 0 heterocycles. The Bertz CT molecular complexity index is 388. The predicted molar refractivity (Wildman–Crippen MR) is 80.5 cm³/mol. The zero-order chi connectivity index (χ0) is 13.2. The number of thioether (sulfide) groups is 1. The molecule has 0 fully saturated rings. The number of hydrogen-bond acceptors (Lipinski definition) is 4. The standard InChI is InChI=1S/C14H17O2S2.U.V/c1-2-10-16-13(15)9-6-11-18-14(17)12-7-4-3-5-8-12;;/h3-5,7-8,11H,2,6,9-10H2,1H3;;/q-1;;. The Morgan fingerprint density at radius 1 is 1.35 bits per heavy atom.